The SMILES string of the molecule is CC(C)(C)c1cc(O)ccc1-c1ccc(O)cc1. The van der Waals surface area contributed by atoms with Gasteiger partial charge in [-0.05, 0) is 46.4 Å². The van der Waals surface area contributed by atoms with Gasteiger partial charge in [-0.1, -0.05) is 39.0 Å². The summed E-state index contributed by atoms with van der Waals surface area (Å²) in [6.07, 6.45) is 0. The molecule has 2 rings (SSSR count). The van der Waals surface area contributed by atoms with E-state index in [-0.39, 0.29) is 16.9 Å². The highest BCUT2D eigenvalue weighted by molar-refractivity contribution is 5.70. The molecule has 2 nitrogen and oxygen atoms in total. The maximum absolute atomic E-state index is 9.65. The zero-order chi connectivity index (χ0) is 13.3. The van der Waals surface area contributed by atoms with E-state index in [1.54, 1.807) is 18.2 Å². The summed E-state index contributed by atoms with van der Waals surface area (Å²) in [5.41, 5.74) is 3.16. The van der Waals surface area contributed by atoms with Crippen LogP contribution in [0.15, 0.2) is 42.5 Å². The van der Waals surface area contributed by atoms with Crippen molar-refractivity contribution in [3.63, 3.8) is 0 Å². The molecule has 0 saturated heterocycles. The Kier molecular flexibility index (Phi) is 3.04. The van der Waals surface area contributed by atoms with E-state index in [0.29, 0.717) is 0 Å². The largest absolute Gasteiger partial charge is 0.508 e. The van der Waals surface area contributed by atoms with Crippen molar-refractivity contribution >= 4 is 0 Å². The molecule has 0 unspecified atom stereocenters. The normalized spacial score (nSPS) is 11.5. The summed E-state index contributed by atoms with van der Waals surface area (Å²) in [7, 11) is 0. The lowest BCUT2D eigenvalue weighted by Crippen LogP contribution is -2.12. The van der Waals surface area contributed by atoms with Crippen LogP contribution in [-0.2, 0) is 5.41 Å². The molecular weight excluding hydrogens is 224 g/mol. The number of hydrogen-bond donors (Lipinski definition) is 2. The third-order valence-electron chi connectivity index (χ3n) is 2.99. The number of benzene rings is 2. The van der Waals surface area contributed by atoms with Crippen LogP contribution in [0.4, 0.5) is 0 Å². The molecule has 94 valence electrons. The summed E-state index contributed by atoms with van der Waals surface area (Å²) in [6.45, 7) is 6.35. The third-order valence-corrected chi connectivity index (χ3v) is 2.99. The van der Waals surface area contributed by atoms with Crippen molar-refractivity contribution in [3.8, 4) is 22.6 Å². The highest BCUT2D eigenvalue weighted by atomic mass is 16.3. The molecule has 0 fully saturated rings. The standard InChI is InChI=1S/C16H18O2/c1-16(2,3)15-10-13(18)8-9-14(15)11-4-6-12(17)7-5-11/h4-10,17-18H,1-3H3. The van der Waals surface area contributed by atoms with Gasteiger partial charge in [0.1, 0.15) is 11.5 Å². The lowest BCUT2D eigenvalue weighted by molar-refractivity contribution is 0.471. The summed E-state index contributed by atoms with van der Waals surface area (Å²) in [5.74, 6) is 0.539. The maximum Gasteiger partial charge on any atom is 0.115 e. The van der Waals surface area contributed by atoms with E-state index in [1.165, 1.54) is 0 Å². The van der Waals surface area contributed by atoms with Gasteiger partial charge in [-0.25, -0.2) is 0 Å². The molecule has 2 aromatic carbocycles. The molecule has 0 radical (unpaired) electrons. The minimum Gasteiger partial charge on any atom is -0.508 e. The molecule has 2 aromatic rings. The molecule has 0 saturated carbocycles. The number of phenols is 2. The van der Waals surface area contributed by atoms with Crippen LogP contribution in [0.25, 0.3) is 11.1 Å². The first-order valence-electron chi connectivity index (χ1n) is 6.01. The summed E-state index contributed by atoms with van der Waals surface area (Å²) in [4.78, 5) is 0. The smallest absolute Gasteiger partial charge is 0.115 e. The van der Waals surface area contributed by atoms with Crippen molar-refractivity contribution < 1.29 is 10.2 Å². The quantitative estimate of drug-likeness (QED) is 0.791. The van der Waals surface area contributed by atoms with Gasteiger partial charge in [-0.2, -0.15) is 0 Å². The topological polar surface area (TPSA) is 40.5 Å². The Morgan fingerprint density at radius 3 is 1.89 bits per heavy atom. The van der Waals surface area contributed by atoms with Crippen LogP contribution in [0.2, 0.25) is 0 Å². The van der Waals surface area contributed by atoms with Crippen LogP contribution in [0.1, 0.15) is 26.3 Å². The molecule has 0 bridgehead atoms. The summed E-state index contributed by atoms with van der Waals surface area (Å²) in [5, 5.41) is 19.0. The summed E-state index contributed by atoms with van der Waals surface area (Å²) < 4.78 is 0. The molecule has 0 spiro atoms. The highest BCUT2D eigenvalue weighted by Gasteiger charge is 2.19. The van der Waals surface area contributed by atoms with Gasteiger partial charge in [0.15, 0.2) is 0 Å². The molecule has 0 amide bonds. The molecule has 0 atom stereocenters. The lowest BCUT2D eigenvalue weighted by Gasteiger charge is -2.23. The Hall–Kier alpha value is -1.96. The van der Waals surface area contributed by atoms with Gasteiger partial charge in [0.25, 0.3) is 0 Å². The molecule has 0 aliphatic rings. The number of rotatable bonds is 1. The van der Waals surface area contributed by atoms with Gasteiger partial charge in [-0.3, -0.25) is 0 Å². The first-order chi connectivity index (χ1) is 8.38. The fraction of sp³-hybridized carbons (Fsp3) is 0.250. The van der Waals surface area contributed by atoms with Gasteiger partial charge in [-0.15, -0.1) is 0 Å². The fourth-order valence-electron chi connectivity index (χ4n) is 2.05. The van der Waals surface area contributed by atoms with Gasteiger partial charge in [0.2, 0.25) is 0 Å². The van der Waals surface area contributed by atoms with Crippen LogP contribution in [-0.4, -0.2) is 10.2 Å². The minimum atomic E-state index is -0.0496. The Labute approximate surface area is 108 Å². The van der Waals surface area contributed by atoms with Crippen LogP contribution in [0.5, 0.6) is 11.5 Å². The maximum atomic E-state index is 9.65. The van der Waals surface area contributed by atoms with Crippen LogP contribution >= 0.6 is 0 Å². The first-order valence-corrected chi connectivity index (χ1v) is 6.01. The minimum absolute atomic E-state index is 0.0496. The number of phenolic OH excluding ortho intramolecular Hbond substituents is 2. The van der Waals surface area contributed by atoms with Crippen molar-refractivity contribution in [2.45, 2.75) is 26.2 Å². The van der Waals surface area contributed by atoms with Crippen LogP contribution in [0, 0.1) is 0 Å². The Morgan fingerprint density at radius 1 is 0.778 bits per heavy atom. The monoisotopic (exact) mass is 242 g/mol. The second-order valence-electron chi connectivity index (χ2n) is 5.53. The Balaban J connectivity index is 2.60. The summed E-state index contributed by atoms with van der Waals surface area (Å²) >= 11 is 0. The van der Waals surface area contributed by atoms with E-state index >= 15 is 0 Å². The van der Waals surface area contributed by atoms with E-state index in [2.05, 4.69) is 20.8 Å². The average molecular weight is 242 g/mol. The van der Waals surface area contributed by atoms with Crippen molar-refractivity contribution in [1.29, 1.82) is 0 Å². The van der Waals surface area contributed by atoms with E-state index < -0.39 is 0 Å². The van der Waals surface area contributed by atoms with E-state index in [1.807, 2.05) is 24.3 Å². The Morgan fingerprint density at radius 2 is 1.33 bits per heavy atom. The van der Waals surface area contributed by atoms with E-state index in [9.17, 15) is 10.2 Å². The third kappa shape index (κ3) is 2.48. The van der Waals surface area contributed by atoms with Crippen LogP contribution in [0.3, 0.4) is 0 Å². The van der Waals surface area contributed by atoms with Gasteiger partial charge >= 0.3 is 0 Å². The van der Waals surface area contributed by atoms with Gasteiger partial charge in [0.05, 0.1) is 0 Å². The molecule has 0 aromatic heterocycles. The molecule has 0 aliphatic carbocycles. The molecule has 18 heavy (non-hydrogen) atoms. The van der Waals surface area contributed by atoms with Crippen molar-refractivity contribution in [2.24, 2.45) is 0 Å². The molecule has 2 heteroatoms. The van der Waals surface area contributed by atoms with Gasteiger partial charge in [0, 0.05) is 0 Å². The predicted octanol–water partition coefficient (Wildman–Crippen LogP) is 4.06. The van der Waals surface area contributed by atoms with Gasteiger partial charge < -0.3 is 10.2 Å². The number of aromatic hydroxyl groups is 2. The Bertz CT molecular complexity index is 548. The summed E-state index contributed by atoms with van der Waals surface area (Å²) in [6, 6.07) is 12.5. The van der Waals surface area contributed by atoms with Crippen molar-refractivity contribution in [1.82, 2.24) is 0 Å². The predicted molar refractivity (Wildman–Crippen MR) is 73.9 cm³/mol. The van der Waals surface area contributed by atoms with Crippen LogP contribution < -0.4 is 0 Å². The molecule has 0 aliphatic heterocycles. The van der Waals surface area contributed by atoms with E-state index in [4.69, 9.17) is 0 Å². The first kappa shape index (κ1) is 12.5. The number of hydrogen-bond acceptors (Lipinski definition) is 2. The lowest BCUT2D eigenvalue weighted by atomic mass is 9.81. The zero-order valence-electron chi connectivity index (χ0n) is 10.9. The molecule has 2 N–H and O–H groups in total. The average Bonchev–Trinajstić information content (AvgIpc) is 2.29. The second kappa shape index (κ2) is 4.37. The van der Waals surface area contributed by atoms with E-state index in [0.717, 1.165) is 16.7 Å². The fourth-order valence-corrected chi connectivity index (χ4v) is 2.05. The highest BCUT2D eigenvalue weighted by Crippen LogP contribution is 2.35. The molecule has 0 heterocycles. The molecular formula is C16H18O2. The van der Waals surface area contributed by atoms with Crippen molar-refractivity contribution in [2.75, 3.05) is 0 Å². The zero-order valence-corrected chi connectivity index (χ0v) is 10.9. The second-order valence-corrected chi connectivity index (χ2v) is 5.53. The van der Waals surface area contributed by atoms with Crippen molar-refractivity contribution in [3.05, 3.63) is 48.0 Å².